The number of likely N-dealkylation sites (N-methyl/N-ethyl adjacent to an activating group) is 1. The van der Waals surface area contributed by atoms with Gasteiger partial charge in [0.2, 0.25) is 29.7 Å². The van der Waals surface area contributed by atoms with Crippen molar-refractivity contribution in [3.8, 4) is 88.0 Å². The molecule has 11 heterocycles. The molecule has 7 N–H and O–H groups in total. The van der Waals surface area contributed by atoms with Gasteiger partial charge >= 0.3 is 0 Å². The van der Waals surface area contributed by atoms with Crippen molar-refractivity contribution in [2.75, 3.05) is 80.7 Å². The van der Waals surface area contributed by atoms with E-state index in [-0.39, 0.29) is 12.0 Å². The normalized spacial score (nSPS) is 13.5. The van der Waals surface area contributed by atoms with Gasteiger partial charge in [0.15, 0.2) is 0 Å². The second kappa shape index (κ2) is 38.8. The maximum absolute atomic E-state index is 13.3. The Morgan fingerprint density at radius 2 is 1.14 bits per heavy atom. The molecule has 1 atom stereocenters. The Bertz CT molecular complexity index is 6900. The molecular weight excluding hydrogens is 1600 g/mol. The number of carbonyl (C=O) groups excluding carboxylic acids is 1. The molecular formula is C97H87N25O5. The van der Waals surface area contributed by atoms with Crippen LogP contribution in [0.3, 0.4) is 0 Å². The quantitative estimate of drug-likeness (QED) is 0.0324. The van der Waals surface area contributed by atoms with Crippen LogP contribution in [0.25, 0.3) is 77.3 Å². The van der Waals surface area contributed by atoms with Crippen molar-refractivity contribution in [3.05, 3.63) is 284 Å². The highest BCUT2D eigenvalue weighted by molar-refractivity contribution is 5.97. The first-order valence-corrected chi connectivity index (χ1v) is 41.2. The predicted octanol–water partition coefficient (Wildman–Crippen LogP) is 14.9. The lowest BCUT2D eigenvalue weighted by Crippen LogP contribution is -2.47. The fourth-order valence-electron chi connectivity index (χ4n) is 14.5. The van der Waals surface area contributed by atoms with Gasteiger partial charge in [-0.15, -0.1) is 19.3 Å². The summed E-state index contributed by atoms with van der Waals surface area (Å²) in [6.07, 6.45) is 44.9. The molecule has 3 fully saturated rings. The molecule has 3 aliphatic rings. The Hall–Kier alpha value is -16.3. The van der Waals surface area contributed by atoms with Gasteiger partial charge < -0.3 is 60.7 Å². The van der Waals surface area contributed by atoms with Crippen LogP contribution < -0.4 is 46.5 Å². The van der Waals surface area contributed by atoms with Crippen LogP contribution in [0.15, 0.2) is 249 Å². The number of oxazole rings is 1. The number of terminal acetylenes is 3. The molecule has 0 bridgehead atoms. The van der Waals surface area contributed by atoms with Crippen molar-refractivity contribution in [1.82, 2.24) is 99.3 Å². The number of aryl methyl sites for hydroxylation is 2. The van der Waals surface area contributed by atoms with E-state index < -0.39 is 0 Å². The van der Waals surface area contributed by atoms with E-state index >= 15 is 0 Å². The summed E-state index contributed by atoms with van der Waals surface area (Å²) in [5.74, 6) is 13.2. The molecule has 630 valence electrons. The standard InChI is InChI=1S/C26H25N7O.C25H19N7O.C25H26N6O.C21H17N5O2/c1-4-18-5-6-24-21(11-18)15-27-26(30-24)29-23-13-19(22-16-28-32(3)17-22)12-20(14-23)25(34)33-9-7-31(2)8-10-33;1-2-20-10-21-13-28-25(30-22-7-3-5-18(9-22)14-32-17-27-16-29-32)31-23(21)11-24(20)33-15-19-6-4-8-26-12-19;1-31-15-20(13-28-31)18-9-21(11-23(10-18)32-22-6-7-26-14-22)29-25-27-12-19-8-17(16-2-3-16)4-5-24(19)30-25;1-2-14-3-4-19-16(9-14)13-24-21(26-19)25-17-10-15(20-23-6-8-28-20)11-18(12-17)27-7-5-22/h1,5-6,11-17H,7-10H2,2-3H3,(H,27,29,30);1,3-13,16-17H,14-15H2,(H,28,30,31);4-5,8-13,15-16,22,26H,2-3,6-7,14H2,1H3,(H,27,29,30);1,3-4,6,8-13H,5,7,22H2,(H,24,25,26)/t;;22-;/m..0./s1. The summed E-state index contributed by atoms with van der Waals surface area (Å²) >= 11 is 0. The minimum absolute atomic E-state index is 0.0168. The first-order chi connectivity index (χ1) is 62.2. The Morgan fingerprint density at radius 1 is 0.535 bits per heavy atom. The van der Waals surface area contributed by atoms with Crippen molar-refractivity contribution >= 4 is 96.1 Å². The molecule has 2 aliphatic heterocycles. The minimum atomic E-state index is 0.0168. The Labute approximate surface area is 731 Å². The molecule has 30 nitrogen and oxygen atoms in total. The molecule has 30 heteroatoms. The summed E-state index contributed by atoms with van der Waals surface area (Å²) in [5.41, 5.74) is 23.0. The van der Waals surface area contributed by atoms with Crippen LogP contribution in [0.5, 0.6) is 17.2 Å². The van der Waals surface area contributed by atoms with E-state index in [1.54, 1.807) is 63.8 Å². The highest BCUT2D eigenvalue weighted by Crippen LogP contribution is 2.41. The highest BCUT2D eigenvalue weighted by Gasteiger charge is 2.26. The van der Waals surface area contributed by atoms with Crippen LogP contribution in [0.2, 0.25) is 0 Å². The molecule has 20 rings (SSSR count). The second-order valence-electron chi connectivity index (χ2n) is 30.6. The first kappa shape index (κ1) is 83.0. The average Bonchev–Trinajstić information content (AvgIpc) is 1.58. The Kier molecular flexibility index (Phi) is 25.4. The van der Waals surface area contributed by atoms with Crippen LogP contribution in [0, 0.1) is 37.0 Å². The summed E-state index contributed by atoms with van der Waals surface area (Å²) in [6, 6.07) is 50.7. The molecule has 8 aromatic carbocycles. The van der Waals surface area contributed by atoms with Crippen molar-refractivity contribution in [2.45, 2.75) is 44.4 Å². The van der Waals surface area contributed by atoms with Gasteiger partial charge in [-0.3, -0.25) is 19.1 Å². The fraction of sp³-hybridized carbons (Fsp3) is 0.186. The molecule has 1 amide bonds. The van der Waals surface area contributed by atoms with E-state index in [4.69, 9.17) is 48.6 Å². The molecule has 127 heavy (non-hydrogen) atoms. The van der Waals surface area contributed by atoms with Gasteiger partial charge in [0, 0.05) is 204 Å². The lowest BCUT2D eigenvalue weighted by molar-refractivity contribution is 0.0664. The third kappa shape index (κ3) is 21.4. The molecule has 9 aromatic heterocycles. The average molecular weight is 1680 g/mol. The van der Waals surface area contributed by atoms with Crippen molar-refractivity contribution in [2.24, 2.45) is 19.8 Å². The molecule has 1 aliphatic carbocycles. The fourth-order valence-corrected chi connectivity index (χ4v) is 14.5. The van der Waals surface area contributed by atoms with Crippen molar-refractivity contribution in [3.63, 3.8) is 0 Å². The lowest BCUT2D eigenvalue weighted by atomic mass is 10.0. The van der Waals surface area contributed by atoms with Gasteiger partial charge in [0.1, 0.15) is 55.5 Å². The number of piperazine rings is 1. The van der Waals surface area contributed by atoms with Crippen LogP contribution in [0.1, 0.15) is 68.9 Å². The number of pyridine rings is 1. The number of benzene rings is 8. The number of nitrogens with zero attached hydrogens (tertiary/aromatic N) is 19. The lowest BCUT2D eigenvalue weighted by Gasteiger charge is -2.32. The minimum Gasteiger partial charge on any atom is -0.492 e. The third-order valence-electron chi connectivity index (χ3n) is 21.1. The smallest absolute Gasteiger partial charge is 0.254 e. The summed E-state index contributed by atoms with van der Waals surface area (Å²) in [7, 11) is 5.87. The van der Waals surface area contributed by atoms with Crippen LogP contribution in [-0.4, -0.2) is 165 Å². The molecule has 2 saturated heterocycles. The maximum atomic E-state index is 13.3. The van der Waals surface area contributed by atoms with Crippen molar-refractivity contribution in [1.29, 1.82) is 0 Å². The number of anilines is 8. The van der Waals surface area contributed by atoms with Crippen LogP contribution >= 0.6 is 0 Å². The number of amides is 1. The van der Waals surface area contributed by atoms with Gasteiger partial charge in [0.25, 0.3) is 5.91 Å². The number of fused-ring (bicyclic) bond motifs is 4. The number of hydrogen-bond acceptors (Lipinski definition) is 26. The number of rotatable bonds is 23. The summed E-state index contributed by atoms with van der Waals surface area (Å²) in [5, 5.41) is 32.9. The van der Waals surface area contributed by atoms with Crippen molar-refractivity contribution < 1.29 is 23.4 Å². The monoisotopic (exact) mass is 1680 g/mol. The van der Waals surface area contributed by atoms with E-state index in [1.807, 2.05) is 171 Å². The number of nitrogens with one attached hydrogen (secondary N) is 5. The highest BCUT2D eigenvalue weighted by atomic mass is 16.5. The van der Waals surface area contributed by atoms with E-state index in [1.165, 1.54) is 31.0 Å². The largest absolute Gasteiger partial charge is 0.492 e. The maximum Gasteiger partial charge on any atom is 0.254 e. The van der Waals surface area contributed by atoms with Gasteiger partial charge in [-0.2, -0.15) is 15.3 Å². The summed E-state index contributed by atoms with van der Waals surface area (Å²) < 4.78 is 28.6. The molecule has 0 unspecified atom stereocenters. The van der Waals surface area contributed by atoms with Gasteiger partial charge in [0.05, 0.1) is 52.8 Å². The second-order valence-corrected chi connectivity index (χ2v) is 30.6. The summed E-state index contributed by atoms with van der Waals surface area (Å²) in [4.78, 5) is 66.1. The van der Waals surface area contributed by atoms with E-state index in [9.17, 15) is 4.79 Å². The number of aromatic nitrogens is 17. The topological polar surface area (TPSA) is 346 Å². The Morgan fingerprint density at radius 3 is 1.72 bits per heavy atom. The third-order valence-corrected chi connectivity index (χ3v) is 21.1. The van der Waals surface area contributed by atoms with E-state index in [2.05, 4.69) is 152 Å². The molecule has 17 aromatic rings. The molecule has 1 saturated carbocycles. The zero-order valence-corrected chi connectivity index (χ0v) is 69.8. The van der Waals surface area contributed by atoms with Gasteiger partial charge in [-0.25, -0.2) is 54.5 Å². The number of carbonyl (C=O) groups is 1. The number of ether oxygens (including phenoxy) is 3. The molecule has 0 radical (unpaired) electrons. The Balaban J connectivity index is 0.000000120. The summed E-state index contributed by atoms with van der Waals surface area (Å²) in [6.45, 7) is 6.82. The SMILES string of the molecule is C#Cc1cc2cnc(Nc3cccc(Cn4cncn4)c3)nc2cc1OCc1cccnc1.C#Cc1ccc2nc(Nc3cc(C(=O)N4CCN(C)CC4)cc(-c4cnn(C)c4)c3)ncc2c1.C#Cc1ccc2nc(Nc3cc(OCCN)cc(-c4ncco4)c3)ncc2c1.Cn1cc(-c2cc(Nc3ncc4cc(C5CC5)ccc4n3)cc(O[C@H]3CCNC3)c2)cn1. The van der Waals surface area contributed by atoms with Crippen LogP contribution in [-0.2, 0) is 27.2 Å². The van der Waals surface area contributed by atoms with Crippen LogP contribution in [0.4, 0.5) is 46.5 Å². The molecule has 0 spiro atoms. The predicted molar refractivity (Wildman–Crippen MR) is 490 cm³/mol. The van der Waals surface area contributed by atoms with Gasteiger partial charge in [-0.05, 0) is 176 Å². The first-order valence-electron chi connectivity index (χ1n) is 41.2. The van der Waals surface area contributed by atoms with Gasteiger partial charge in [-0.1, -0.05) is 42.0 Å². The zero-order valence-electron chi connectivity index (χ0n) is 69.8. The number of nitrogens with two attached hydrogens (primary N) is 1. The zero-order chi connectivity index (χ0) is 87.0. The number of hydrogen-bond donors (Lipinski definition) is 6. The van der Waals surface area contributed by atoms with E-state index in [0.29, 0.717) is 91.7 Å². The van der Waals surface area contributed by atoms with E-state index in [0.717, 1.165) is 161 Å².